The van der Waals surface area contributed by atoms with Crippen molar-refractivity contribution < 1.29 is 9.18 Å². The molecule has 0 fully saturated rings. The molecule has 15 heavy (non-hydrogen) atoms. The van der Waals surface area contributed by atoms with E-state index in [0.29, 0.717) is 5.69 Å². The highest BCUT2D eigenvalue weighted by molar-refractivity contribution is 6.26. The average Bonchev–Trinajstić information content (AvgIpc) is 2.21. The molecule has 0 radical (unpaired) electrons. The van der Waals surface area contributed by atoms with E-state index in [-0.39, 0.29) is 5.82 Å². The molecular formula is C9H7FN4O. The highest BCUT2D eigenvalue weighted by Crippen LogP contribution is 2.07. The first-order valence-corrected chi connectivity index (χ1v) is 3.96. The van der Waals surface area contributed by atoms with Gasteiger partial charge in [-0.25, -0.2) is 4.39 Å². The molecule has 0 spiro atoms. The quantitative estimate of drug-likeness (QED) is 0.332. The van der Waals surface area contributed by atoms with Gasteiger partial charge < -0.3 is 0 Å². The monoisotopic (exact) mass is 206 g/mol. The zero-order valence-electron chi connectivity index (χ0n) is 7.57. The molecule has 0 saturated heterocycles. The van der Waals surface area contributed by atoms with Gasteiger partial charge in [0.2, 0.25) is 0 Å². The minimum atomic E-state index is -0.632. The van der Waals surface area contributed by atoms with Crippen LogP contribution in [0.4, 0.5) is 10.1 Å². The number of anilines is 1. The number of carbonyl (C=O) groups is 1. The van der Waals surface area contributed by atoms with E-state index in [1.165, 1.54) is 30.5 Å². The van der Waals surface area contributed by atoms with Crippen molar-refractivity contribution in [2.24, 2.45) is 5.10 Å². The molecule has 0 saturated carbocycles. The van der Waals surface area contributed by atoms with Gasteiger partial charge in [-0.1, -0.05) is 0 Å². The Kier molecular flexibility index (Phi) is 3.79. The minimum absolute atomic E-state index is 0.355. The van der Waals surface area contributed by atoms with Gasteiger partial charge >= 0.3 is 0 Å². The maximum Gasteiger partial charge on any atom is 0.277 e. The van der Waals surface area contributed by atoms with E-state index in [4.69, 9.17) is 5.26 Å². The second-order valence-electron chi connectivity index (χ2n) is 2.48. The molecule has 0 aliphatic rings. The normalized spacial score (nSPS) is 9.60. The number of hydrogen-bond donors (Lipinski definition) is 2. The molecule has 0 aromatic heterocycles. The molecule has 5 nitrogen and oxygen atoms in total. The molecule has 2 N–H and O–H groups in total. The number of hydrogen-bond acceptors (Lipinski definition) is 4. The fraction of sp³-hybridized carbons (Fsp3) is 0. The van der Waals surface area contributed by atoms with Gasteiger partial charge in [-0.05, 0) is 24.3 Å². The SMILES string of the molecule is N#CNC(=O)C=NNc1ccc(F)cc1. The molecule has 76 valence electrons. The predicted octanol–water partition coefficient (Wildman–Crippen LogP) is 0.821. The van der Waals surface area contributed by atoms with Gasteiger partial charge in [0.05, 0.1) is 5.69 Å². The summed E-state index contributed by atoms with van der Waals surface area (Å²) >= 11 is 0. The fourth-order valence-electron chi connectivity index (χ4n) is 0.777. The summed E-state index contributed by atoms with van der Waals surface area (Å²) in [6.07, 6.45) is 2.36. The highest BCUT2D eigenvalue weighted by Gasteiger charge is 1.93. The van der Waals surface area contributed by atoms with E-state index < -0.39 is 5.91 Å². The van der Waals surface area contributed by atoms with E-state index in [1.807, 2.05) is 5.32 Å². The van der Waals surface area contributed by atoms with Crippen LogP contribution in [0.1, 0.15) is 0 Å². The Labute approximate surface area is 85.2 Å². The van der Waals surface area contributed by atoms with Crippen molar-refractivity contribution in [2.45, 2.75) is 0 Å². The lowest BCUT2D eigenvalue weighted by Crippen LogP contribution is -2.18. The first kappa shape index (κ1) is 10.7. The molecule has 1 aromatic carbocycles. The highest BCUT2D eigenvalue weighted by atomic mass is 19.1. The van der Waals surface area contributed by atoms with E-state index >= 15 is 0 Å². The van der Waals surface area contributed by atoms with Crippen LogP contribution in [-0.4, -0.2) is 12.1 Å². The van der Waals surface area contributed by atoms with Gasteiger partial charge in [-0.15, -0.1) is 0 Å². The van der Waals surface area contributed by atoms with Crippen LogP contribution in [-0.2, 0) is 4.79 Å². The number of rotatable bonds is 3. The van der Waals surface area contributed by atoms with E-state index in [0.717, 1.165) is 6.21 Å². The Morgan fingerprint density at radius 2 is 2.13 bits per heavy atom. The largest absolute Gasteiger partial charge is 0.278 e. The van der Waals surface area contributed by atoms with Gasteiger partial charge in [0.15, 0.2) is 6.19 Å². The molecule has 0 heterocycles. The summed E-state index contributed by atoms with van der Waals surface area (Å²) in [5, 5.41) is 13.5. The smallest absolute Gasteiger partial charge is 0.277 e. The van der Waals surface area contributed by atoms with Gasteiger partial charge in [0.1, 0.15) is 12.0 Å². The van der Waals surface area contributed by atoms with Crippen molar-refractivity contribution in [3.8, 4) is 6.19 Å². The van der Waals surface area contributed by atoms with Crippen LogP contribution >= 0.6 is 0 Å². The molecular weight excluding hydrogens is 199 g/mol. The zero-order valence-corrected chi connectivity index (χ0v) is 7.57. The van der Waals surface area contributed by atoms with Crippen molar-refractivity contribution in [3.63, 3.8) is 0 Å². The van der Waals surface area contributed by atoms with Crippen molar-refractivity contribution in [3.05, 3.63) is 30.1 Å². The molecule has 6 heteroatoms. The second kappa shape index (κ2) is 5.34. The number of nitrogens with zero attached hydrogens (tertiary/aromatic N) is 2. The molecule has 0 atom stereocenters. The van der Waals surface area contributed by atoms with E-state index in [1.54, 1.807) is 0 Å². The molecule has 0 aliphatic carbocycles. The predicted molar refractivity (Wildman–Crippen MR) is 52.3 cm³/mol. The number of amides is 1. The lowest BCUT2D eigenvalue weighted by atomic mass is 10.3. The van der Waals surface area contributed by atoms with Crippen LogP contribution in [0.25, 0.3) is 0 Å². The molecule has 1 rings (SSSR count). The zero-order chi connectivity index (χ0) is 11.1. The third-order valence-corrected chi connectivity index (χ3v) is 1.40. The van der Waals surface area contributed by atoms with Gasteiger partial charge in [0.25, 0.3) is 5.91 Å². The van der Waals surface area contributed by atoms with Crippen molar-refractivity contribution in [1.29, 1.82) is 5.26 Å². The fourth-order valence-corrected chi connectivity index (χ4v) is 0.777. The Hall–Kier alpha value is -2.42. The van der Waals surface area contributed by atoms with Crippen molar-refractivity contribution in [2.75, 3.05) is 5.43 Å². The van der Waals surface area contributed by atoms with Crippen molar-refractivity contribution >= 4 is 17.8 Å². The molecule has 0 aliphatic heterocycles. The second-order valence-corrected chi connectivity index (χ2v) is 2.48. The molecule has 0 bridgehead atoms. The molecule has 1 amide bonds. The first-order chi connectivity index (χ1) is 7.22. The topological polar surface area (TPSA) is 77.3 Å². The third kappa shape index (κ3) is 3.87. The maximum atomic E-state index is 12.5. The van der Waals surface area contributed by atoms with E-state index in [9.17, 15) is 9.18 Å². The summed E-state index contributed by atoms with van der Waals surface area (Å²) in [7, 11) is 0. The summed E-state index contributed by atoms with van der Waals surface area (Å²) in [6, 6.07) is 5.45. The Morgan fingerprint density at radius 3 is 2.73 bits per heavy atom. The van der Waals surface area contributed by atoms with Gasteiger partial charge in [0, 0.05) is 0 Å². The third-order valence-electron chi connectivity index (χ3n) is 1.40. The Morgan fingerprint density at radius 1 is 1.47 bits per heavy atom. The van der Waals surface area contributed by atoms with Crippen LogP contribution < -0.4 is 10.7 Å². The molecule has 0 unspecified atom stereocenters. The lowest BCUT2D eigenvalue weighted by molar-refractivity contribution is -0.113. The molecule has 1 aromatic rings. The van der Waals surface area contributed by atoms with Crippen LogP contribution in [0.3, 0.4) is 0 Å². The standard InChI is InChI=1S/C9H7FN4O/c10-7-1-3-8(4-2-7)14-13-5-9(15)12-6-11/h1-5,14H,(H,12,15). The van der Waals surface area contributed by atoms with Crippen LogP contribution in [0.2, 0.25) is 0 Å². The van der Waals surface area contributed by atoms with Crippen LogP contribution in [0.15, 0.2) is 29.4 Å². The van der Waals surface area contributed by atoms with E-state index in [2.05, 4.69) is 10.5 Å². The Balaban J connectivity index is 2.47. The first-order valence-electron chi connectivity index (χ1n) is 3.96. The average molecular weight is 206 g/mol. The summed E-state index contributed by atoms with van der Waals surface area (Å²) in [5.74, 6) is -0.987. The maximum absolute atomic E-state index is 12.5. The number of nitriles is 1. The summed E-state index contributed by atoms with van der Waals surface area (Å²) in [5.41, 5.74) is 3.03. The minimum Gasteiger partial charge on any atom is -0.278 e. The Bertz CT molecular complexity index is 407. The number of nitrogens with one attached hydrogen (secondary N) is 2. The summed E-state index contributed by atoms with van der Waals surface area (Å²) in [6.45, 7) is 0. The number of benzene rings is 1. The van der Waals surface area contributed by atoms with Crippen LogP contribution in [0, 0.1) is 17.3 Å². The lowest BCUT2D eigenvalue weighted by Gasteiger charge is -1.97. The van der Waals surface area contributed by atoms with Gasteiger partial charge in [-0.2, -0.15) is 10.4 Å². The number of halogens is 1. The summed E-state index contributed by atoms with van der Waals surface area (Å²) < 4.78 is 12.5. The van der Waals surface area contributed by atoms with Crippen molar-refractivity contribution in [1.82, 2.24) is 5.32 Å². The van der Waals surface area contributed by atoms with Gasteiger partial charge in [-0.3, -0.25) is 15.5 Å². The summed E-state index contributed by atoms with van der Waals surface area (Å²) in [4.78, 5) is 10.7. The number of carbonyl (C=O) groups excluding carboxylic acids is 1. The number of hydrazone groups is 1. The van der Waals surface area contributed by atoms with Crippen LogP contribution in [0.5, 0.6) is 0 Å².